The second-order valence-corrected chi connectivity index (χ2v) is 7.47. The fourth-order valence-corrected chi connectivity index (χ4v) is 3.86. The Morgan fingerprint density at radius 2 is 2.00 bits per heavy atom. The number of hydrogen-bond donors (Lipinski definition) is 1. The van der Waals surface area contributed by atoms with Gasteiger partial charge >= 0.3 is 0 Å². The highest BCUT2D eigenvalue weighted by Gasteiger charge is 2.42. The van der Waals surface area contributed by atoms with Crippen molar-refractivity contribution in [3.63, 3.8) is 0 Å². The van der Waals surface area contributed by atoms with Crippen LogP contribution in [0, 0.1) is 11.3 Å². The minimum atomic E-state index is -0.304. The van der Waals surface area contributed by atoms with Crippen molar-refractivity contribution in [1.82, 2.24) is 15.1 Å². The number of aliphatic imine (C=N–C) groups is 1. The summed E-state index contributed by atoms with van der Waals surface area (Å²) in [5.41, 5.74) is -0.304. The molecular weight excluding hydrogens is 304 g/mol. The Morgan fingerprint density at radius 3 is 2.54 bits per heavy atom. The molecule has 1 aliphatic heterocycles. The maximum absolute atomic E-state index is 12.7. The van der Waals surface area contributed by atoms with Gasteiger partial charge in [0.25, 0.3) is 0 Å². The Morgan fingerprint density at radius 1 is 1.29 bits per heavy atom. The highest BCUT2D eigenvalue weighted by Crippen LogP contribution is 2.39. The van der Waals surface area contributed by atoms with Gasteiger partial charge in [-0.25, -0.2) is 0 Å². The molecule has 0 aromatic carbocycles. The molecule has 6 heteroatoms. The Hall–Kier alpha value is -1.30. The van der Waals surface area contributed by atoms with Gasteiger partial charge in [-0.05, 0) is 26.2 Å². The Labute approximate surface area is 146 Å². The number of guanidine groups is 1. The monoisotopic (exact) mass is 338 g/mol. The second kappa shape index (κ2) is 8.70. The molecule has 1 saturated carbocycles. The summed E-state index contributed by atoms with van der Waals surface area (Å²) in [6, 6.07) is 0. The van der Waals surface area contributed by atoms with Crippen LogP contribution in [0.2, 0.25) is 0 Å². The zero-order valence-corrected chi connectivity index (χ0v) is 15.8. The van der Waals surface area contributed by atoms with Crippen LogP contribution in [-0.4, -0.2) is 75.7 Å². The first-order chi connectivity index (χ1) is 11.5. The van der Waals surface area contributed by atoms with Crippen molar-refractivity contribution in [1.29, 1.82) is 0 Å². The summed E-state index contributed by atoms with van der Waals surface area (Å²) in [4.78, 5) is 21.5. The molecule has 0 spiro atoms. The molecule has 1 atom stereocenters. The summed E-state index contributed by atoms with van der Waals surface area (Å²) in [6.07, 6.45) is 5.27. The van der Waals surface area contributed by atoms with Crippen molar-refractivity contribution in [2.45, 2.75) is 39.0 Å². The van der Waals surface area contributed by atoms with Crippen LogP contribution in [0.4, 0.5) is 0 Å². The number of amides is 1. The molecule has 2 aliphatic rings. The standard InChI is InChI=1S/C18H34N4O2/c1-5-19-17(22(4)12-15-8-11-24-13-15)20-14-18(9-6-7-10-18)16(23)21(2)3/h15H,5-14H2,1-4H3,(H,19,20). The number of hydrogen-bond acceptors (Lipinski definition) is 3. The van der Waals surface area contributed by atoms with Gasteiger partial charge in [0, 0.05) is 46.8 Å². The summed E-state index contributed by atoms with van der Waals surface area (Å²) < 4.78 is 5.48. The molecule has 24 heavy (non-hydrogen) atoms. The molecule has 0 bridgehead atoms. The lowest BCUT2D eigenvalue weighted by atomic mass is 9.85. The molecule has 2 fully saturated rings. The highest BCUT2D eigenvalue weighted by atomic mass is 16.5. The smallest absolute Gasteiger partial charge is 0.230 e. The Balaban J connectivity index is 2.06. The molecule has 6 nitrogen and oxygen atoms in total. The van der Waals surface area contributed by atoms with Gasteiger partial charge < -0.3 is 19.9 Å². The topological polar surface area (TPSA) is 57.2 Å². The first-order valence-corrected chi connectivity index (χ1v) is 9.27. The maximum Gasteiger partial charge on any atom is 0.230 e. The SMILES string of the molecule is CCNC(=NCC1(C(=O)N(C)C)CCCC1)N(C)CC1CCOC1. The molecular formula is C18H34N4O2. The van der Waals surface area contributed by atoms with Crippen molar-refractivity contribution in [3.8, 4) is 0 Å². The Kier molecular flexibility index (Phi) is 6.90. The first kappa shape index (κ1) is 19.0. The van der Waals surface area contributed by atoms with Crippen LogP contribution in [-0.2, 0) is 9.53 Å². The normalized spacial score (nSPS) is 23.3. The van der Waals surface area contributed by atoms with Gasteiger partial charge in [-0.1, -0.05) is 12.8 Å². The van der Waals surface area contributed by atoms with Crippen molar-refractivity contribution in [2.24, 2.45) is 16.3 Å². The molecule has 1 saturated heterocycles. The third kappa shape index (κ3) is 4.62. The number of rotatable bonds is 6. The minimum Gasteiger partial charge on any atom is -0.381 e. The van der Waals surface area contributed by atoms with E-state index in [1.807, 2.05) is 14.1 Å². The fraction of sp³-hybridized carbons (Fsp3) is 0.889. The molecule has 2 rings (SSSR count). The Bertz CT molecular complexity index is 438. The molecule has 138 valence electrons. The van der Waals surface area contributed by atoms with Gasteiger partial charge in [0.1, 0.15) is 0 Å². The molecule has 1 aliphatic carbocycles. The third-order valence-electron chi connectivity index (χ3n) is 5.20. The minimum absolute atomic E-state index is 0.228. The lowest BCUT2D eigenvalue weighted by molar-refractivity contribution is -0.138. The largest absolute Gasteiger partial charge is 0.381 e. The van der Waals surface area contributed by atoms with E-state index >= 15 is 0 Å². The van der Waals surface area contributed by atoms with Gasteiger partial charge in [-0.3, -0.25) is 9.79 Å². The molecule has 0 aromatic heterocycles. The molecule has 1 N–H and O–H groups in total. The zero-order chi connectivity index (χ0) is 17.6. The summed E-state index contributed by atoms with van der Waals surface area (Å²) >= 11 is 0. The lowest BCUT2D eigenvalue weighted by Crippen LogP contribution is -2.44. The van der Waals surface area contributed by atoms with Gasteiger partial charge in [-0.2, -0.15) is 0 Å². The quantitative estimate of drug-likeness (QED) is 0.590. The molecule has 0 radical (unpaired) electrons. The van der Waals surface area contributed by atoms with E-state index < -0.39 is 0 Å². The second-order valence-electron chi connectivity index (χ2n) is 7.47. The van der Waals surface area contributed by atoms with Gasteiger partial charge in [0.15, 0.2) is 5.96 Å². The molecule has 1 amide bonds. The van der Waals surface area contributed by atoms with Crippen LogP contribution in [0.15, 0.2) is 4.99 Å². The fourth-order valence-electron chi connectivity index (χ4n) is 3.86. The number of nitrogens with one attached hydrogen (secondary N) is 1. The highest BCUT2D eigenvalue weighted by molar-refractivity contribution is 5.84. The number of carbonyl (C=O) groups is 1. The summed E-state index contributed by atoms with van der Waals surface area (Å²) in [7, 11) is 5.78. The molecule has 1 heterocycles. The van der Waals surface area contributed by atoms with Crippen molar-refractivity contribution >= 4 is 11.9 Å². The van der Waals surface area contributed by atoms with Crippen LogP contribution in [0.25, 0.3) is 0 Å². The average molecular weight is 338 g/mol. The zero-order valence-electron chi connectivity index (χ0n) is 15.8. The van der Waals surface area contributed by atoms with E-state index in [1.54, 1.807) is 4.90 Å². The first-order valence-electron chi connectivity index (χ1n) is 9.27. The molecule has 0 aromatic rings. The van der Waals surface area contributed by atoms with Crippen molar-refractivity contribution in [3.05, 3.63) is 0 Å². The average Bonchev–Trinajstić information content (AvgIpc) is 3.22. The van der Waals surface area contributed by atoms with E-state index in [0.29, 0.717) is 12.5 Å². The summed E-state index contributed by atoms with van der Waals surface area (Å²) in [6.45, 7) is 6.15. The van der Waals surface area contributed by atoms with E-state index in [0.717, 1.165) is 64.4 Å². The van der Waals surface area contributed by atoms with Crippen LogP contribution >= 0.6 is 0 Å². The number of carbonyl (C=O) groups excluding carboxylic acids is 1. The van der Waals surface area contributed by atoms with Crippen LogP contribution in [0.1, 0.15) is 39.0 Å². The summed E-state index contributed by atoms with van der Waals surface area (Å²) in [5.74, 6) is 1.70. The van der Waals surface area contributed by atoms with Crippen LogP contribution in [0.5, 0.6) is 0 Å². The predicted octanol–water partition coefficient (Wildman–Crippen LogP) is 1.57. The van der Waals surface area contributed by atoms with Crippen LogP contribution in [0.3, 0.4) is 0 Å². The van der Waals surface area contributed by atoms with E-state index in [4.69, 9.17) is 9.73 Å². The maximum atomic E-state index is 12.7. The van der Waals surface area contributed by atoms with Gasteiger partial charge in [-0.15, -0.1) is 0 Å². The van der Waals surface area contributed by atoms with Crippen molar-refractivity contribution < 1.29 is 9.53 Å². The summed E-state index contributed by atoms with van der Waals surface area (Å²) in [5, 5.41) is 3.38. The number of nitrogens with zero attached hydrogens (tertiary/aromatic N) is 3. The number of ether oxygens (including phenoxy) is 1. The van der Waals surface area contributed by atoms with E-state index in [-0.39, 0.29) is 11.3 Å². The van der Waals surface area contributed by atoms with E-state index in [1.165, 1.54) is 0 Å². The van der Waals surface area contributed by atoms with E-state index in [9.17, 15) is 4.79 Å². The lowest BCUT2D eigenvalue weighted by Gasteiger charge is -2.30. The van der Waals surface area contributed by atoms with Crippen LogP contribution < -0.4 is 5.32 Å². The van der Waals surface area contributed by atoms with Gasteiger partial charge in [0.05, 0.1) is 18.6 Å². The molecule has 1 unspecified atom stereocenters. The van der Waals surface area contributed by atoms with Gasteiger partial charge in [0.2, 0.25) is 5.91 Å². The predicted molar refractivity (Wildman–Crippen MR) is 97.1 cm³/mol. The third-order valence-corrected chi connectivity index (χ3v) is 5.20. The van der Waals surface area contributed by atoms with Crippen molar-refractivity contribution in [2.75, 3.05) is 54.0 Å². The van der Waals surface area contributed by atoms with E-state index in [2.05, 4.69) is 24.2 Å².